The van der Waals surface area contributed by atoms with Gasteiger partial charge in [-0.05, 0) is 38.1 Å². The number of amides is 2. The van der Waals surface area contributed by atoms with Crippen LogP contribution in [0.4, 0.5) is 10.5 Å². The van der Waals surface area contributed by atoms with Gasteiger partial charge in [0.15, 0.2) is 5.69 Å². The molecule has 25 heavy (non-hydrogen) atoms. The highest BCUT2D eigenvalue weighted by Gasteiger charge is 2.21. The van der Waals surface area contributed by atoms with E-state index in [-0.39, 0.29) is 30.2 Å². The number of nitrogens with zero attached hydrogens (tertiary/aromatic N) is 3. The number of oxazole rings is 1. The Kier molecular flexibility index (Phi) is 5.74. The number of methoxy groups -OCH3 is 1. The lowest BCUT2D eigenvalue weighted by molar-refractivity contribution is 0.0594. The Bertz CT molecular complexity index is 790. The summed E-state index contributed by atoms with van der Waals surface area (Å²) in [6.07, 6.45) is 1.19. The van der Waals surface area contributed by atoms with Crippen molar-refractivity contribution in [1.29, 1.82) is 5.26 Å². The van der Waals surface area contributed by atoms with Crippen LogP contribution in [0.5, 0.6) is 0 Å². The fourth-order valence-corrected chi connectivity index (χ4v) is 2.04. The fraction of sp³-hybridized carbons (Fsp3) is 0.294. The predicted molar refractivity (Wildman–Crippen MR) is 88.7 cm³/mol. The molecule has 130 valence electrons. The number of aromatic nitrogens is 1. The van der Waals surface area contributed by atoms with E-state index >= 15 is 0 Å². The van der Waals surface area contributed by atoms with E-state index in [0.29, 0.717) is 11.3 Å². The van der Waals surface area contributed by atoms with Crippen LogP contribution in [0.1, 0.15) is 35.8 Å². The van der Waals surface area contributed by atoms with Crippen molar-refractivity contribution in [3.8, 4) is 6.07 Å². The van der Waals surface area contributed by atoms with Crippen LogP contribution < -0.4 is 5.32 Å². The van der Waals surface area contributed by atoms with E-state index in [1.807, 2.05) is 19.9 Å². The first-order valence-electron chi connectivity index (χ1n) is 7.55. The molecule has 0 radical (unpaired) electrons. The number of ether oxygens (including phenoxy) is 1. The Labute approximate surface area is 145 Å². The van der Waals surface area contributed by atoms with E-state index in [9.17, 15) is 9.59 Å². The number of hydrogen-bond donors (Lipinski definition) is 1. The summed E-state index contributed by atoms with van der Waals surface area (Å²) in [5.41, 5.74) is 1.12. The third-order valence-electron chi connectivity index (χ3n) is 3.40. The molecule has 2 rings (SSSR count). The molecule has 2 amide bonds. The zero-order valence-corrected chi connectivity index (χ0v) is 14.1. The SMILES string of the molecule is COC(=O)c1coc(CN(C(=O)Nc2ccc(C#N)cc2)C(C)C)n1. The minimum atomic E-state index is -0.604. The van der Waals surface area contributed by atoms with Crippen molar-refractivity contribution in [3.05, 3.63) is 47.7 Å². The second-order valence-electron chi connectivity index (χ2n) is 5.46. The van der Waals surface area contributed by atoms with Gasteiger partial charge in [-0.1, -0.05) is 0 Å². The van der Waals surface area contributed by atoms with Gasteiger partial charge in [0.1, 0.15) is 6.26 Å². The molecule has 0 saturated carbocycles. The van der Waals surface area contributed by atoms with Gasteiger partial charge in [-0.2, -0.15) is 5.26 Å². The number of nitrogens with one attached hydrogen (secondary N) is 1. The van der Waals surface area contributed by atoms with Crippen LogP contribution in [-0.2, 0) is 11.3 Å². The van der Waals surface area contributed by atoms with Crippen LogP contribution in [0.3, 0.4) is 0 Å². The molecule has 0 aliphatic heterocycles. The molecule has 8 nitrogen and oxygen atoms in total. The first-order valence-corrected chi connectivity index (χ1v) is 7.55. The van der Waals surface area contributed by atoms with Crippen LogP contribution in [-0.4, -0.2) is 35.0 Å². The molecule has 0 fully saturated rings. The maximum Gasteiger partial charge on any atom is 0.360 e. The third-order valence-corrected chi connectivity index (χ3v) is 3.40. The minimum Gasteiger partial charge on any atom is -0.464 e. The highest BCUT2D eigenvalue weighted by atomic mass is 16.5. The van der Waals surface area contributed by atoms with E-state index in [0.717, 1.165) is 0 Å². The molecule has 0 atom stereocenters. The molecular formula is C17H18N4O4. The second kappa shape index (κ2) is 7.97. The zero-order valence-electron chi connectivity index (χ0n) is 14.1. The lowest BCUT2D eigenvalue weighted by Gasteiger charge is -2.25. The van der Waals surface area contributed by atoms with E-state index in [4.69, 9.17) is 9.68 Å². The highest BCUT2D eigenvalue weighted by Crippen LogP contribution is 2.14. The molecule has 0 saturated heterocycles. The van der Waals surface area contributed by atoms with Crippen molar-refractivity contribution >= 4 is 17.7 Å². The molecule has 1 aromatic heterocycles. The van der Waals surface area contributed by atoms with E-state index in [2.05, 4.69) is 15.0 Å². The smallest absolute Gasteiger partial charge is 0.360 e. The fourth-order valence-electron chi connectivity index (χ4n) is 2.04. The number of rotatable bonds is 5. The van der Waals surface area contributed by atoms with Crippen LogP contribution in [0, 0.1) is 11.3 Å². The summed E-state index contributed by atoms with van der Waals surface area (Å²) in [6, 6.07) is 8.06. The van der Waals surface area contributed by atoms with Gasteiger partial charge < -0.3 is 19.4 Å². The van der Waals surface area contributed by atoms with Gasteiger partial charge in [-0.3, -0.25) is 0 Å². The van der Waals surface area contributed by atoms with Gasteiger partial charge in [-0.15, -0.1) is 0 Å². The Morgan fingerprint density at radius 3 is 2.60 bits per heavy atom. The van der Waals surface area contributed by atoms with Crippen LogP contribution in [0.2, 0.25) is 0 Å². The van der Waals surface area contributed by atoms with Gasteiger partial charge in [0.05, 0.1) is 25.3 Å². The van der Waals surface area contributed by atoms with Crippen molar-refractivity contribution < 1.29 is 18.7 Å². The van der Waals surface area contributed by atoms with Crippen LogP contribution >= 0.6 is 0 Å². The molecule has 0 aliphatic rings. The van der Waals surface area contributed by atoms with Crippen LogP contribution in [0.15, 0.2) is 34.9 Å². The number of hydrogen-bond acceptors (Lipinski definition) is 6. The summed E-state index contributed by atoms with van der Waals surface area (Å²) in [5, 5.41) is 11.6. The number of carbonyl (C=O) groups is 2. The quantitative estimate of drug-likeness (QED) is 0.837. The Balaban J connectivity index is 2.08. The van der Waals surface area contributed by atoms with Crippen LogP contribution in [0.25, 0.3) is 0 Å². The topological polar surface area (TPSA) is 108 Å². The molecule has 0 aliphatic carbocycles. The van der Waals surface area contributed by atoms with Crippen molar-refractivity contribution in [2.45, 2.75) is 26.4 Å². The van der Waals surface area contributed by atoms with Crippen molar-refractivity contribution in [2.75, 3.05) is 12.4 Å². The summed E-state index contributed by atoms with van der Waals surface area (Å²) >= 11 is 0. The van der Waals surface area contributed by atoms with Gasteiger partial charge in [0.25, 0.3) is 0 Å². The molecule has 1 N–H and O–H groups in total. The summed E-state index contributed by atoms with van der Waals surface area (Å²) in [5.74, 6) is -0.378. The number of esters is 1. The van der Waals surface area contributed by atoms with Gasteiger partial charge in [0.2, 0.25) is 5.89 Å². The predicted octanol–water partition coefficient (Wildman–Crippen LogP) is 2.78. The molecule has 8 heteroatoms. The molecule has 0 bridgehead atoms. The Morgan fingerprint density at radius 2 is 2.04 bits per heavy atom. The van der Waals surface area contributed by atoms with Gasteiger partial charge in [-0.25, -0.2) is 14.6 Å². The number of anilines is 1. The largest absolute Gasteiger partial charge is 0.464 e. The number of nitriles is 1. The Morgan fingerprint density at radius 1 is 1.36 bits per heavy atom. The lowest BCUT2D eigenvalue weighted by atomic mass is 10.2. The second-order valence-corrected chi connectivity index (χ2v) is 5.46. The zero-order chi connectivity index (χ0) is 18.4. The average molecular weight is 342 g/mol. The molecule has 1 aromatic carbocycles. The highest BCUT2D eigenvalue weighted by molar-refractivity contribution is 5.89. The van der Waals surface area contributed by atoms with Gasteiger partial charge in [0, 0.05) is 11.7 Å². The number of benzene rings is 1. The Hall–Kier alpha value is -3.34. The normalized spacial score (nSPS) is 10.2. The van der Waals surface area contributed by atoms with Crippen molar-refractivity contribution in [3.63, 3.8) is 0 Å². The summed E-state index contributed by atoms with van der Waals surface area (Å²) < 4.78 is 9.80. The van der Waals surface area contributed by atoms with E-state index < -0.39 is 5.97 Å². The molecular weight excluding hydrogens is 324 g/mol. The maximum absolute atomic E-state index is 12.5. The average Bonchev–Trinajstić information content (AvgIpc) is 3.08. The van der Waals surface area contributed by atoms with E-state index in [1.165, 1.54) is 18.3 Å². The lowest BCUT2D eigenvalue weighted by Crippen LogP contribution is -2.39. The summed E-state index contributed by atoms with van der Waals surface area (Å²) in [4.78, 5) is 29.4. The first-order chi connectivity index (χ1) is 11.9. The number of carbonyl (C=O) groups excluding carboxylic acids is 2. The summed E-state index contributed by atoms with van der Waals surface area (Å²) in [7, 11) is 1.25. The molecule has 0 unspecified atom stereocenters. The van der Waals surface area contributed by atoms with E-state index in [1.54, 1.807) is 24.3 Å². The number of urea groups is 1. The standard InChI is InChI=1S/C17H18N4O4/c1-11(2)21(9-15-20-14(10-25-15)16(22)24-3)17(23)19-13-6-4-12(8-18)5-7-13/h4-7,10-11H,9H2,1-3H3,(H,19,23). The molecule has 0 spiro atoms. The van der Waals surface area contributed by atoms with Crippen molar-refractivity contribution in [1.82, 2.24) is 9.88 Å². The molecule has 1 heterocycles. The third kappa shape index (κ3) is 4.57. The minimum absolute atomic E-state index is 0.0497. The monoisotopic (exact) mass is 342 g/mol. The molecule has 2 aromatic rings. The first kappa shape index (κ1) is 18.0. The van der Waals surface area contributed by atoms with Gasteiger partial charge >= 0.3 is 12.0 Å². The maximum atomic E-state index is 12.5. The summed E-state index contributed by atoms with van der Waals surface area (Å²) in [6.45, 7) is 3.79. The van der Waals surface area contributed by atoms with Crippen molar-refractivity contribution in [2.24, 2.45) is 0 Å².